The lowest BCUT2D eigenvalue weighted by atomic mass is 10.2. The molecule has 1 aromatic carbocycles. The average Bonchev–Trinajstić information content (AvgIpc) is 3.23. The normalized spacial score (nSPS) is 21.2. The minimum Gasteiger partial charge on any atom is -0.347 e. The molecule has 0 unspecified atom stereocenters. The van der Waals surface area contributed by atoms with Crippen molar-refractivity contribution in [2.45, 2.75) is 37.6 Å². The fourth-order valence-electron chi connectivity index (χ4n) is 3.06. The molecule has 1 aromatic rings. The predicted molar refractivity (Wildman–Crippen MR) is 86.8 cm³/mol. The number of nitro groups is 1. The molecule has 9 nitrogen and oxygen atoms in total. The topological polar surface area (TPSA) is 120 Å². The summed E-state index contributed by atoms with van der Waals surface area (Å²) in [4.78, 5) is 33.9. The van der Waals surface area contributed by atoms with Crippen molar-refractivity contribution >= 4 is 23.2 Å². The third-order valence-electron chi connectivity index (χ3n) is 4.29. The van der Waals surface area contributed by atoms with Crippen LogP contribution in [0.3, 0.4) is 0 Å². The smallest absolute Gasteiger partial charge is 0.313 e. The number of nitro benzene ring substituents is 1. The van der Waals surface area contributed by atoms with Gasteiger partial charge in [0.2, 0.25) is 0 Å². The molecule has 2 fully saturated rings. The number of carbonyl (C=O) groups is 2. The van der Waals surface area contributed by atoms with Crippen molar-refractivity contribution < 1.29 is 24.0 Å². The zero-order chi connectivity index (χ0) is 17.9. The van der Waals surface area contributed by atoms with Gasteiger partial charge in [0, 0.05) is 37.2 Å². The van der Waals surface area contributed by atoms with E-state index in [2.05, 4.69) is 10.6 Å². The van der Waals surface area contributed by atoms with Crippen LogP contribution in [-0.4, -0.2) is 41.8 Å². The van der Waals surface area contributed by atoms with E-state index < -0.39 is 22.5 Å². The van der Waals surface area contributed by atoms with E-state index in [1.807, 2.05) is 0 Å². The van der Waals surface area contributed by atoms with Gasteiger partial charge < -0.3 is 20.1 Å². The molecule has 1 aliphatic heterocycles. The highest BCUT2D eigenvalue weighted by molar-refractivity contribution is 6.39. The molecular weight excluding hydrogens is 330 g/mol. The Balaban J connectivity index is 1.47. The Morgan fingerprint density at radius 1 is 1.28 bits per heavy atom. The second-order valence-electron chi connectivity index (χ2n) is 6.14. The molecule has 1 saturated carbocycles. The van der Waals surface area contributed by atoms with Crippen molar-refractivity contribution in [3.05, 3.63) is 34.4 Å². The van der Waals surface area contributed by atoms with Crippen molar-refractivity contribution in [3.8, 4) is 0 Å². The first-order chi connectivity index (χ1) is 12.0. The number of benzene rings is 1. The van der Waals surface area contributed by atoms with E-state index in [0.29, 0.717) is 6.61 Å². The molecular formula is C16H19N3O6. The Morgan fingerprint density at radius 3 is 2.76 bits per heavy atom. The zero-order valence-electron chi connectivity index (χ0n) is 13.5. The number of carbonyl (C=O) groups excluding carboxylic acids is 2. The Hall–Kier alpha value is -2.52. The summed E-state index contributed by atoms with van der Waals surface area (Å²) in [5.41, 5.74) is 0.0104. The van der Waals surface area contributed by atoms with Gasteiger partial charge in [-0.3, -0.25) is 19.7 Å². The third kappa shape index (κ3) is 4.12. The molecule has 2 aliphatic rings. The van der Waals surface area contributed by atoms with Crippen LogP contribution in [0, 0.1) is 10.1 Å². The van der Waals surface area contributed by atoms with Gasteiger partial charge in [-0.15, -0.1) is 0 Å². The van der Waals surface area contributed by atoms with E-state index in [9.17, 15) is 19.7 Å². The molecule has 0 aromatic heterocycles. The summed E-state index contributed by atoms with van der Waals surface area (Å²) in [6.45, 7) is 0.551. The first kappa shape index (κ1) is 17.3. The number of nitrogens with one attached hydrogen (secondary N) is 2. The lowest BCUT2D eigenvalue weighted by Crippen LogP contribution is -2.40. The number of anilines is 1. The first-order valence-corrected chi connectivity index (χ1v) is 8.13. The maximum absolute atomic E-state index is 11.9. The third-order valence-corrected chi connectivity index (χ3v) is 4.29. The Morgan fingerprint density at radius 2 is 2.04 bits per heavy atom. The highest BCUT2D eigenvalue weighted by Gasteiger charge is 2.43. The minimum absolute atomic E-state index is 0.170. The summed E-state index contributed by atoms with van der Waals surface area (Å²) in [6.07, 6.45) is 3.54. The van der Waals surface area contributed by atoms with E-state index in [1.54, 1.807) is 0 Å². The van der Waals surface area contributed by atoms with Crippen LogP contribution in [0.1, 0.15) is 25.7 Å². The molecule has 0 bridgehead atoms. The standard InChI is InChI=1S/C16H19N3O6/c20-14(15(21)18-11-4-3-5-12(8-11)19(22)23)17-9-13-10-24-16(25-13)6-1-2-7-16/h3-5,8,13H,1-2,6-7,9-10H2,(H,17,20)(H,18,21)/t13-/m0/s1. The van der Waals surface area contributed by atoms with Crippen LogP contribution in [0.25, 0.3) is 0 Å². The van der Waals surface area contributed by atoms with E-state index >= 15 is 0 Å². The molecule has 1 aliphatic carbocycles. The summed E-state index contributed by atoms with van der Waals surface area (Å²) in [5.74, 6) is -2.24. The van der Waals surface area contributed by atoms with E-state index in [0.717, 1.165) is 25.7 Å². The lowest BCUT2D eigenvalue weighted by Gasteiger charge is -2.21. The zero-order valence-corrected chi connectivity index (χ0v) is 13.5. The number of amides is 2. The van der Waals surface area contributed by atoms with Crippen molar-refractivity contribution in [2.24, 2.45) is 0 Å². The number of nitrogens with zero attached hydrogens (tertiary/aromatic N) is 1. The Bertz CT molecular complexity index is 686. The summed E-state index contributed by atoms with van der Waals surface area (Å²) in [6, 6.07) is 5.38. The monoisotopic (exact) mass is 349 g/mol. The van der Waals surface area contributed by atoms with E-state index in [4.69, 9.17) is 9.47 Å². The molecule has 2 amide bonds. The van der Waals surface area contributed by atoms with E-state index in [1.165, 1.54) is 24.3 Å². The van der Waals surface area contributed by atoms with Crippen molar-refractivity contribution in [2.75, 3.05) is 18.5 Å². The van der Waals surface area contributed by atoms with Gasteiger partial charge in [0.25, 0.3) is 5.69 Å². The number of ether oxygens (including phenoxy) is 2. The van der Waals surface area contributed by atoms with Crippen LogP contribution in [-0.2, 0) is 19.1 Å². The van der Waals surface area contributed by atoms with Gasteiger partial charge in [-0.05, 0) is 18.9 Å². The molecule has 134 valence electrons. The largest absolute Gasteiger partial charge is 0.347 e. The van der Waals surface area contributed by atoms with Crippen molar-refractivity contribution in [1.82, 2.24) is 5.32 Å². The molecule has 3 rings (SSSR count). The molecule has 1 heterocycles. The quantitative estimate of drug-likeness (QED) is 0.481. The maximum atomic E-state index is 11.9. The van der Waals surface area contributed by atoms with Crippen LogP contribution >= 0.6 is 0 Å². The van der Waals surface area contributed by atoms with Crippen LogP contribution in [0.2, 0.25) is 0 Å². The van der Waals surface area contributed by atoms with Gasteiger partial charge in [-0.1, -0.05) is 6.07 Å². The van der Waals surface area contributed by atoms with Crippen molar-refractivity contribution in [3.63, 3.8) is 0 Å². The fraction of sp³-hybridized carbons (Fsp3) is 0.500. The van der Waals surface area contributed by atoms with Crippen LogP contribution in [0.4, 0.5) is 11.4 Å². The second kappa shape index (κ2) is 7.16. The molecule has 1 atom stereocenters. The predicted octanol–water partition coefficient (Wildman–Crippen LogP) is 1.34. The van der Waals surface area contributed by atoms with Crippen LogP contribution in [0.15, 0.2) is 24.3 Å². The van der Waals surface area contributed by atoms with Crippen LogP contribution < -0.4 is 10.6 Å². The Labute approximate surface area is 143 Å². The summed E-state index contributed by atoms with van der Waals surface area (Å²) < 4.78 is 11.6. The van der Waals surface area contributed by atoms with Gasteiger partial charge in [0.05, 0.1) is 11.5 Å². The number of non-ortho nitro benzene ring substituents is 1. The number of hydrogen-bond donors (Lipinski definition) is 2. The van der Waals surface area contributed by atoms with Gasteiger partial charge >= 0.3 is 11.8 Å². The minimum atomic E-state index is -0.894. The van der Waals surface area contributed by atoms with Gasteiger partial charge in [-0.25, -0.2) is 0 Å². The lowest BCUT2D eigenvalue weighted by molar-refractivity contribution is -0.384. The molecule has 1 spiro atoms. The molecule has 25 heavy (non-hydrogen) atoms. The first-order valence-electron chi connectivity index (χ1n) is 8.13. The molecule has 1 saturated heterocycles. The molecule has 9 heteroatoms. The second-order valence-corrected chi connectivity index (χ2v) is 6.14. The van der Waals surface area contributed by atoms with Gasteiger partial charge in [0.1, 0.15) is 6.10 Å². The maximum Gasteiger partial charge on any atom is 0.313 e. The summed E-state index contributed by atoms with van der Waals surface area (Å²) in [7, 11) is 0. The Kier molecular flexibility index (Phi) is 4.95. The SMILES string of the molecule is O=C(NC[C@H]1COC2(CCCC2)O1)C(=O)Nc1cccc([N+](=O)[O-])c1. The fourth-order valence-corrected chi connectivity index (χ4v) is 3.06. The summed E-state index contributed by atoms with van der Waals surface area (Å²) in [5, 5.41) is 15.5. The van der Waals surface area contributed by atoms with Crippen LogP contribution in [0.5, 0.6) is 0 Å². The highest BCUT2D eigenvalue weighted by Crippen LogP contribution is 2.38. The number of rotatable bonds is 4. The van der Waals surface area contributed by atoms with E-state index in [-0.39, 0.29) is 24.0 Å². The van der Waals surface area contributed by atoms with Gasteiger partial charge in [-0.2, -0.15) is 0 Å². The summed E-state index contributed by atoms with van der Waals surface area (Å²) >= 11 is 0. The number of hydrogen-bond acceptors (Lipinski definition) is 6. The van der Waals surface area contributed by atoms with Crippen molar-refractivity contribution in [1.29, 1.82) is 0 Å². The van der Waals surface area contributed by atoms with Gasteiger partial charge in [0.15, 0.2) is 5.79 Å². The molecule has 2 N–H and O–H groups in total. The average molecular weight is 349 g/mol. The molecule has 0 radical (unpaired) electrons. The highest BCUT2D eigenvalue weighted by atomic mass is 16.7.